The molecular weight excluding hydrogens is 208 g/mol. The van der Waals surface area contributed by atoms with Crippen molar-refractivity contribution in [3.63, 3.8) is 0 Å². The molecule has 1 atom stereocenters. The van der Waals surface area contributed by atoms with Crippen molar-refractivity contribution in [3.05, 3.63) is 35.4 Å². The summed E-state index contributed by atoms with van der Waals surface area (Å²) in [6.45, 7) is 4.83. The summed E-state index contributed by atoms with van der Waals surface area (Å²) in [5.41, 5.74) is 3.02. The minimum atomic E-state index is 0.560. The molecule has 2 nitrogen and oxygen atoms in total. The molecule has 2 heteroatoms. The third kappa shape index (κ3) is 2.53. The number of nitrogens with one attached hydrogen (secondary N) is 1. The van der Waals surface area contributed by atoms with Gasteiger partial charge >= 0.3 is 0 Å². The second kappa shape index (κ2) is 5.19. The average Bonchev–Trinajstić information content (AvgIpc) is 2.59. The van der Waals surface area contributed by atoms with Crippen molar-refractivity contribution in [2.75, 3.05) is 19.6 Å². The summed E-state index contributed by atoms with van der Waals surface area (Å²) < 4.78 is 0. The standard InChI is InChI=1S/C15H22N2/c1-2-6-10-17(9-5-1)12-15-14-8-4-3-7-13(14)11-16-15/h3-4,7-8,15-16H,1-2,5-6,9-12H2. The average molecular weight is 230 g/mol. The van der Waals surface area contributed by atoms with Crippen molar-refractivity contribution in [3.8, 4) is 0 Å². The molecule has 2 heterocycles. The highest BCUT2D eigenvalue weighted by Crippen LogP contribution is 2.26. The fourth-order valence-electron chi connectivity index (χ4n) is 3.12. The fourth-order valence-corrected chi connectivity index (χ4v) is 3.12. The van der Waals surface area contributed by atoms with E-state index in [1.165, 1.54) is 56.4 Å². The number of fused-ring (bicyclic) bond motifs is 1. The van der Waals surface area contributed by atoms with Gasteiger partial charge < -0.3 is 10.2 Å². The molecule has 0 aliphatic carbocycles. The zero-order valence-corrected chi connectivity index (χ0v) is 10.5. The Morgan fingerprint density at radius 1 is 1.06 bits per heavy atom. The van der Waals surface area contributed by atoms with Crippen LogP contribution in [0.25, 0.3) is 0 Å². The number of nitrogens with zero attached hydrogens (tertiary/aromatic N) is 1. The molecule has 1 unspecified atom stereocenters. The first-order valence-corrected chi connectivity index (χ1v) is 6.97. The molecule has 2 aliphatic heterocycles. The molecule has 1 aromatic carbocycles. The van der Waals surface area contributed by atoms with Gasteiger partial charge in [0.1, 0.15) is 0 Å². The van der Waals surface area contributed by atoms with Crippen LogP contribution in [0.1, 0.15) is 42.9 Å². The lowest BCUT2D eigenvalue weighted by atomic mass is 10.0. The second-order valence-electron chi connectivity index (χ2n) is 5.35. The van der Waals surface area contributed by atoms with Gasteiger partial charge in [0.05, 0.1) is 0 Å². The number of benzene rings is 1. The SMILES string of the molecule is c1ccc2c(c1)CNC2CN1CCCCCC1. The lowest BCUT2D eigenvalue weighted by molar-refractivity contribution is 0.256. The summed E-state index contributed by atoms with van der Waals surface area (Å²) in [5, 5.41) is 3.65. The predicted octanol–water partition coefficient (Wildman–Crippen LogP) is 2.71. The molecule has 0 spiro atoms. The van der Waals surface area contributed by atoms with Gasteiger partial charge in [-0.3, -0.25) is 0 Å². The first kappa shape index (κ1) is 11.2. The molecular formula is C15H22N2. The van der Waals surface area contributed by atoms with E-state index < -0.39 is 0 Å². The number of hydrogen-bond donors (Lipinski definition) is 1. The van der Waals surface area contributed by atoms with Crippen LogP contribution in [0, 0.1) is 0 Å². The van der Waals surface area contributed by atoms with Gasteiger partial charge in [0.2, 0.25) is 0 Å². The van der Waals surface area contributed by atoms with Crippen LogP contribution in [-0.4, -0.2) is 24.5 Å². The molecule has 2 aliphatic rings. The topological polar surface area (TPSA) is 15.3 Å². The van der Waals surface area contributed by atoms with Crippen molar-refractivity contribution in [2.24, 2.45) is 0 Å². The van der Waals surface area contributed by atoms with E-state index in [0.717, 1.165) is 6.54 Å². The zero-order chi connectivity index (χ0) is 11.5. The lowest BCUT2D eigenvalue weighted by Gasteiger charge is -2.24. The minimum Gasteiger partial charge on any atom is -0.305 e. The third-order valence-corrected chi connectivity index (χ3v) is 4.11. The molecule has 17 heavy (non-hydrogen) atoms. The van der Waals surface area contributed by atoms with E-state index in [9.17, 15) is 0 Å². The molecule has 1 N–H and O–H groups in total. The maximum Gasteiger partial charge on any atom is 0.0455 e. The monoisotopic (exact) mass is 230 g/mol. The van der Waals surface area contributed by atoms with Gasteiger partial charge in [-0.15, -0.1) is 0 Å². The molecule has 0 aromatic heterocycles. The number of hydrogen-bond acceptors (Lipinski definition) is 2. The van der Waals surface area contributed by atoms with E-state index >= 15 is 0 Å². The molecule has 0 bridgehead atoms. The largest absolute Gasteiger partial charge is 0.305 e. The highest BCUT2D eigenvalue weighted by molar-refractivity contribution is 5.33. The van der Waals surface area contributed by atoms with Crippen LogP contribution in [-0.2, 0) is 6.54 Å². The van der Waals surface area contributed by atoms with Crippen LogP contribution in [0.5, 0.6) is 0 Å². The minimum absolute atomic E-state index is 0.560. The van der Waals surface area contributed by atoms with E-state index in [-0.39, 0.29) is 0 Å². The van der Waals surface area contributed by atoms with Crippen molar-refractivity contribution < 1.29 is 0 Å². The third-order valence-electron chi connectivity index (χ3n) is 4.11. The smallest absolute Gasteiger partial charge is 0.0455 e. The summed E-state index contributed by atoms with van der Waals surface area (Å²) in [5.74, 6) is 0. The van der Waals surface area contributed by atoms with Crippen LogP contribution in [0.3, 0.4) is 0 Å². The molecule has 1 aromatic rings. The summed E-state index contributed by atoms with van der Waals surface area (Å²) in [6.07, 6.45) is 5.61. The van der Waals surface area contributed by atoms with Gasteiger partial charge in [-0.25, -0.2) is 0 Å². The van der Waals surface area contributed by atoms with Crippen LogP contribution in [0.4, 0.5) is 0 Å². The van der Waals surface area contributed by atoms with Crippen molar-refractivity contribution in [2.45, 2.75) is 38.3 Å². The van der Waals surface area contributed by atoms with Gasteiger partial charge in [0, 0.05) is 19.1 Å². The Morgan fingerprint density at radius 2 is 1.82 bits per heavy atom. The van der Waals surface area contributed by atoms with E-state index in [4.69, 9.17) is 0 Å². The molecule has 0 saturated carbocycles. The fraction of sp³-hybridized carbons (Fsp3) is 0.600. The van der Waals surface area contributed by atoms with Gasteiger partial charge in [0.15, 0.2) is 0 Å². The Bertz CT molecular complexity index is 367. The Hall–Kier alpha value is -0.860. The molecule has 0 radical (unpaired) electrons. The van der Waals surface area contributed by atoms with Gasteiger partial charge in [-0.2, -0.15) is 0 Å². The van der Waals surface area contributed by atoms with Crippen LogP contribution in [0.2, 0.25) is 0 Å². The zero-order valence-electron chi connectivity index (χ0n) is 10.5. The summed E-state index contributed by atoms with van der Waals surface area (Å²) in [7, 11) is 0. The van der Waals surface area contributed by atoms with E-state index in [1.807, 2.05) is 0 Å². The normalized spacial score (nSPS) is 25.5. The number of likely N-dealkylation sites (tertiary alicyclic amines) is 1. The molecule has 1 fully saturated rings. The van der Waals surface area contributed by atoms with Gasteiger partial charge in [0.25, 0.3) is 0 Å². The Balaban J connectivity index is 1.66. The summed E-state index contributed by atoms with van der Waals surface area (Å²) in [6, 6.07) is 9.42. The maximum absolute atomic E-state index is 3.65. The highest BCUT2D eigenvalue weighted by Gasteiger charge is 2.23. The van der Waals surface area contributed by atoms with Gasteiger partial charge in [-0.05, 0) is 37.1 Å². The Kier molecular flexibility index (Phi) is 3.44. The summed E-state index contributed by atoms with van der Waals surface area (Å²) >= 11 is 0. The quantitative estimate of drug-likeness (QED) is 0.840. The van der Waals surface area contributed by atoms with E-state index in [2.05, 4.69) is 34.5 Å². The van der Waals surface area contributed by atoms with Crippen molar-refractivity contribution in [1.82, 2.24) is 10.2 Å². The first-order chi connectivity index (χ1) is 8.43. The highest BCUT2D eigenvalue weighted by atomic mass is 15.2. The van der Waals surface area contributed by atoms with Crippen molar-refractivity contribution >= 4 is 0 Å². The molecule has 3 rings (SSSR count). The van der Waals surface area contributed by atoms with Crippen LogP contribution in [0.15, 0.2) is 24.3 Å². The lowest BCUT2D eigenvalue weighted by Crippen LogP contribution is -2.33. The predicted molar refractivity (Wildman–Crippen MR) is 70.9 cm³/mol. The Labute approximate surface area is 104 Å². The van der Waals surface area contributed by atoms with E-state index in [0.29, 0.717) is 6.04 Å². The van der Waals surface area contributed by atoms with Crippen LogP contribution < -0.4 is 5.32 Å². The molecule has 0 amide bonds. The van der Waals surface area contributed by atoms with Gasteiger partial charge in [-0.1, -0.05) is 37.1 Å². The second-order valence-corrected chi connectivity index (χ2v) is 5.35. The molecule has 1 saturated heterocycles. The summed E-state index contributed by atoms with van der Waals surface area (Å²) in [4.78, 5) is 2.65. The van der Waals surface area contributed by atoms with Crippen molar-refractivity contribution in [1.29, 1.82) is 0 Å². The number of rotatable bonds is 2. The Morgan fingerprint density at radius 3 is 2.65 bits per heavy atom. The first-order valence-electron chi connectivity index (χ1n) is 6.97. The van der Waals surface area contributed by atoms with Crippen LogP contribution >= 0.6 is 0 Å². The van der Waals surface area contributed by atoms with E-state index in [1.54, 1.807) is 0 Å². The maximum atomic E-state index is 3.65. The molecule has 92 valence electrons.